The maximum atomic E-state index is 12.8. The average molecular weight is 414 g/mol. The quantitative estimate of drug-likeness (QED) is 0.695. The molecule has 1 aliphatic heterocycles. The van der Waals surface area contributed by atoms with Gasteiger partial charge in [0.05, 0.1) is 10.7 Å². The van der Waals surface area contributed by atoms with Gasteiger partial charge in [0.25, 0.3) is 5.91 Å². The minimum absolute atomic E-state index is 0.0620. The van der Waals surface area contributed by atoms with Gasteiger partial charge in [-0.3, -0.25) is 9.48 Å². The number of fused-ring (bicyclic) bond motifs is 1. The van der Waals surface area contributed by atoms with Crippen molar-refractivity contribution < 1.29 is 4.79 Å². The maximum Gasteiger partial charge on any atom is 0.269 e. The summed E-state index contributed by atoms with van der Waals surface area (Å²) >= 11 is 1.61. The van der Waals surface area contributed by atoms with E-state index in [0.29, 0.717) is 11.6 Å². The largest absolute Gasteiger partial charge is 0.348 e. The van der Waals surface area contributed by atoms with Crippen LogP contribution in [0.2, 0.25) is 0 Å². The summed E-state index contributed by atoms with van der Waals surface area (Å²) in [5, 5.41) is 19.4. The summed E-state index contributed by atoms with van der Waals surface area (Å²) in [7, 11) is 1.83. The molecule has 1 atom stereocenters. The van der Waals surface area contributed by atoms with Crippen LogP contribution in [0.5, 0.6) is 0 Å². The number of hydrogen-bond acceptors (Lipinski definition) is 6. The molecule has 1 N–H and O–H groups in total. The summed E-state index contributed by atoms with van der Waals surface area (Å²) in [6.07, 6.45) is 3.34. The fourth-order valence-corrected chi connectivity index (χ4v) is 4.40. The van der Waals surface area contributed by atoms with Crippen molar-refractivity contribution in [3.8, 4) is 11.5 Å². The van der Waals surface area contributed by atoms with E-state index in [4.69, 9.17) is 0 Å². The smallest absolute Gasteiger partial charge is 0.269 e. The minimum Gasteiger partial charge on any atom is -0.348 e. The number of hydrogen-bond donors (Lipinski definition) is 1. The van der Waals surface area contributed by atoms with Crippen molar-refractivity contribution >= 4 is 17.2 Å². The molecule has 0 saturated heterocycles. The van der Waals surface area contributed by atoms with E-state index in [2.05, 4.69) is 44.0 Å². The Kier molecular flexibility index (Phi) is 5.49. The van der Waals surface area contributed by atoms with Gasteiger partial charge < -0.3 is 9.88 Å². The van der Waals surface area contributed by atoms with Crippen LogP contribution < -0.4 is 5.32 Å². The number of carbonyl (C=O) groups is 1. The van der Waals surface area contributed by atoms with Crippen molar-refractivity contribution in [2.75, 3.05) is 0 Å². The summed E-state index contributed by atoms with van der Waals surface area (Å²) in [5.41, 5.74) is 2.45. The number of nitrogens with zero attached hydrogens (tertiary/aromatic N) is 6. The second kappa shape index (κ2) is 8.06. The lowest BCUT2D eigenvalue weighted by molar-refractivity contribution is 0.0923. The SMILES string of the molecule is Cc1nc(-c2nnc3n2CCC(NC(=O)c2cc(CC(C)C)nn2C)CC3)cs1. The number of amides is 1. The molecule has 0 saturated carbocycles. The van der Waals surface area contributed by atoms with Crippen LogP contribution in [0.15, 0.2) is 11.4 Å². The Hall–Kier alpha value is -2.55. The van der Waals surface area contributed by atoms with Crippen molar-refractivity contribution in [2.45, 2.75) is 59.0 Å². The predicted octanol–water partition coefficient (Wildman–Crippen LogP) is 2.78. The van der Waals surface area contributed by atoms with Crippen molar-refractivity contribution in [3.63, 3.8) is 0 Å². The monoisotopic (exact) mass is 413 g/mol. The number of thiazole rings is 1. The van der Waals surface area contributed by atoms with Crippen LogP contribution in [-0.4, -0.2) is 41.5 Å². The Labute approximate surface area is 174 Å². The molecule has 1 aliphatic rings. The first-order valence-electron chi connectivity index (χ1n) is 10.1. The van der Waals surface area contributed by atoms with Gasteiger partial charge >= 0.3 is 0 Å². The van der Waals surface area contributed by atoms with Crippen LogP contribution in [0.25, 0.3) is 11.5 Å². The van der Waals surface area contributed by atoms with E-state index in [-0.39, 0.29) is 11.9 Å². The van der Waals surface area contributed by atoms with Crippen LogP contribution in [0.4, 0.5) is 0 Å². The van der Waals surface area contributed by atoms with Crippen LogP contribution in [0.1, 0.15) is 53.7 Å². The van der Waals surface area contributed by atoms with Gasteiger partial charge in [-0.1, -0.05) is 13.8 Å². The van der Waals surface area contributed by atoms with Gasteiger partial charge in [-0.15, -0.1) is 21.5 Å². The molecule has 0 radical (unpaired) electrons. The predicted molar refractivity (Wildman–Crippen MR) is 112 cm³/mol. The van der Waals surface area contributed by atoms with E-state index in [9.17, 15) is 4.79 Å². The lowest BCUT2D eigenvalue weighted by Gasteiger charge is -2.16. The molecule has 1 amide bonds. The molecule has 4 heterocycles. The molecule has 0 aliphatic carbocycles. The number of nitrogens with one attached hydrogen (secondary N) is 1. The zero-order valence-electron chi connectivity index (χ0n) is 17.3. The molecule has 29 heavy (non-hydrogen) atoms. The first-order chi connectivity index (χ1) is 13.9. The highest BCUT2D eigenvalue weighted by atomic mass is 32.1. The highest BCUT2D eigenvalue weighted by molar-refractivity contribution is 7.09. The normalized spacial score (nSPS) is 16.7. The fourth-order valence-electron chi connectivity index (χ4n) is 3.80. The Morgan fingerprint density at radius 2 is 2.17 bits per heavy atom. The summed E-state index contributed by atoms with van der Waals surface area (Å²) in [4.78, 5) is 17.4. The standard InChI is InChI=1S/C20H27N7OS/c1-12(2)9-15-10-17(26(4)25-15)20(28)22-14-5-6-18-23-24-19(27(18)8-7-14)16-11-29-13(3)21-16/h10-12,14H,5-9H2,1-4H3,(H,22,28). The third-order valence-corrected chi connectivity index (χ3v) is 5.98. The molecule has 3 aromatic rings. The van der Waals surface area contributed by atoms with Crippen LogP contribution >= 0.6 is 11.3 Å². The Bertz CT molecular complexity index is 1020. The Balaban J connectivity index is 1.43. The molecule has 0 aromatic carbocycles. The molecule has 3 aromatic heterocycles. The van der Waals surface area contributed by atoms with Gasteiger partial charge in [-0.2, -0.15) is 5.10 Å². The van der Waals surface area contributed by atoms with E-state index in [1.165, 1.54) is 0 Å². The van der Waals surface area contributed by atoms with Gasteiger partial charge in [0.15, 0.2) is 5.82 Å². The molecular formula is C20H27N7OS. The molecule has 0 fully saturated rings. The number of carbonyl (C=O) groups excluding carboxylic acids is 1. The zero-order valence-corrected chi connectivity index (χ0v) is 18.2. The highest BCUT2D eigenvalue weighted by Crippen LogP contribution is 2.24. The lowest BCUT2D eigenvalue weighted by atomic mass is 10.1. The van der Waals surface area contributed by atoms with Crippen molar-refractivity contribution in [1.29, 1.82) is 0 Å². The van der Waals surface area contributed by atoms with Gasteiger partial charge in [0.1, 0.15) is 17.2 Å². The Morgan fingerprint density at radius 1 is 1.34 bits per heavy atom. The van der Waals surface area contributed by atoms with E-state index in [1.807, 2.05) is 25.4 Å². The summed E-state index contributed by atoms with van der Waals surface area (Å²) < 4.78 is 3.83. The third kappa shape index (κ3) is 4.24. The van der Waals surface area contributed by atoms with Crippen molar-refractivity contribution in [1.82, 2.24) is 34.8 Å². The maximum absolute atomic E-state index is 12.8. The van der Waals surface area contributed by atoms with Crippen molar-refractivity contribution in [2.24, 2.45) is 13.0 Å². The van der Waals surface area contributed by atoms with Crippen LogP contribution in [0.3, 0.4) is 0 Å². The fraction of sp³-hybridized carbons (Fsp3) is 0.550. The average Bonchev–Trinajstić information content (AvgIpc) is 3.32. The first-order valence-corrected chi connectivity index (χ1v) is 11.0. The zero-order chi connectivity index (χ0) is 20.5. The second-order valence-electron chi connectivity index (χ2n) is 8.08. The van der Waals surface area contributed by atoms with Crippen LogP contribution in [0, 0.1) is 12.8 Å². The molecule has 0 bridgehead atoms. The number of rotatable bonds is 5. The van der Waals surface area contributed by atoms with Gasteiger partial charge in [-0.05, 0) is 38.2 Å². The molecule has 154 valence electrons. The van der Waals surface area contributed by atoms with Gasteiger partial charge in [0, 0.05) is 31.4 Å². The van der Waals surface area contributed by atoms with Crippen LogP contribution in [-0.2, 0) is 26.4 Å². The van der Waals surface area contributed by atoms with E-state index >= 15 is 0 Å². The Morgan fingerprint density at radius 3 is 2.90 bits per heavy atom. The third-order valence-electron chi connectivity index (χ3n) is 5.21. The number of aromatic nitrogens is 6. The topological polar surface area (TPSA) is 90.5 Å². The first kappa shape index (κ1) is 19.8. The molecule has 4 rings (SSSR count). The second-order valence-corrected chi connectivity index (χ2v) is 9.15. The molecule has 1 unspecified atom stereocenters. The van der Waals surface area contributed by atoms with Gasteiger partial charge in [-0.25, -0.2) is 4.98 Å². The van der Waals surface area contributed by atoms with Gasteiger partial charge in [0.2, 0.25) is 0 Å². The molecule has 8 nitrogen and oxygen atoms in total. The van der Waals surface area contributed by atoms with Crippen molar-refractivity contribution in [3.05, 3.63) is 33.7 Å². The number of aryl methyl sites for hydroxylation is 3. The summed E-state index contributed by atoms with van der Waals surface area (Å²) in [6.45, 7) is 7.06. The van der Waals surface area contributed by atoms with E-state index < -0.39 is 0 Å². The van der Waals surface area contributed by atoms with E-state index in [0.717, 1.165) is 60.3 Å². The molecular weight excluding hydrogens is 386 g/mol. The minimum atomic E-state index is -0.0620. The lowest BCUT2D eigenvalue weighted by Crippen LogP contribution is -2.36. The van der Waals surface area contributed by atoms with E-state index in [1.54, 1.807) is 16.0 Å². The summed E-state index contributed by atoms with van der Waals surface area (Å²) in [6, 6.07) is 2.00. The summed E-state index contributed by atoms with van der Waals surface area (Å²) in [5.74, 6) is 2.23. The molecule has 0 spiro atoms. The highest BCUT2D eigenvalue weighted by Gasteiger charge is 2.24. The molecule has 9 heteroatoms.